The van der Waals surface area contributed by atoms with Crippen LogP contribution in [0.15, 0.2) is 0 Å². The van der Waals surface area contributed by atoms with Crippen LogP contribution < -0.4 is 10.6 Å². The van der Waals surface area contributed by atoms with Crippen LogP contribution in [0.25, 0.3) is 0 Å². The predicted octanol–water partition coefficient (Wildman–Crippen LogP) is -0.463. The normalized spacial score (nSPS) is 21.7. The Balaban J connectivity index is 2.24. The summed E-state index contributed by atoms with van der Waals surface area (Å²) in [4.78, 5) is 11.6. The topological polar surface area (TPSA) is 75.3 Å². The van der Waals surface area contributed by atoms with E-state index in [1.165, 1.54) is 0 Å². The third-order valence-corrected chi connectivity index (χ3v) is 4.53. The molecule has 2 N–H and O–H groups in total. The average molecular weight is 248 g/mol. The second kappa shape index (κ2) is 6.20. The monoisotopic (exact) mass is 248 g/mol. The van der Waals surface area contributed by atoms with Crippen molar-refractivity contribution in [2.75, 3.05) is 31.1 Å². The maximum atomic E-state index is 11.6. The van der Waals surface area contributed by atoms with Gasteiger partial charge in [-0.3, -0.25) is 4.79 Å². The van der Waals surface area contributed by atoms with E-state index in [0.717, 1.165) is 19.4 Å². The number of nitrogens with one attached hydrogen (secondary N) is 2. The molecule has 0 aromatic carbocycles. The van der Waals surface area contributed by atoms with Crippen molar-refractivity contribution >= 4 is 15.7 Å². The molecule has 0 spiro atoms. The molecule has 1 heterocycles. The van der Waals surface area contributed by atoms with Crippen LogP contribution in [0.5, 0.6) is 0 Å². The molecule has 5 nitrogen and oxygen atoms in total. The number of carbonyl (C=O) groups is 1. The summed E-state index contributed by atoms with van der Waals surface area (Å²) in [5.74, 6) is 0.139. The van der Waals surface area contributed by atoms with Crippen molar-refractivity contribution in [3.63, 3.8) is 0 Å². The first-order valence-electron chi connectivity index (χ1n) is 5.74. The van der Waals surface area contributed by atoms with E-state index in [9.17, 15) is 13.2 Å². The maximum Gasteiger partial charge on any atom is 0.224 e. The molecule has 94 valence electrons. The molecule has 1 rings (SSSR count). The van der Waals surface area contributed by atoms with Crippen LogP contribution in [0, 0.1) is 5.92 Å². The molecule has 0 aromatic heterocycles. The Morgan fingerprint density at radius 3 is 2.81 bits per heavy atom. The van der Waals surface area contributed by atoms with Crippen molar-refractivity contribution in [2.24, 2.45) is 5.92 Å². The van der Waals surface area contributed by atoms with Gasteiger partial charge in [0.1, 0.15) is 0 Å². The number of hydrogen-bond donors (Lipinski definition) is 2. The third-order valence-electron chi connectivity index (χ3n) is 2.82. The summed E-state index contributed by atoms with van der Waals surface area (Å²) >= 11 is 0. The van der Waals surface area contributed by atoms with Crippen LogP contribution in [0.3, 0.4) is 0 Å². The number of amides is 1. The highest BCUT2D eigenvalue weighted by atomic mass is 32.2. The number of sulfone groups is 1. The molecule has 16 heavy (non-hydrogen) atoms. The van der Waals surface area contributed by atoms with Crippen molar-refractivity contribution < 1.29 is 13.2 Å². The lowest BCUT2D eigenvalue weighted by molar-refractivity contribution is -0.125. The van der Waals surface area contributed by atoms with Crippen molar-refractivity contribution in [1.29, 1.82) is 0 Å². The number of carbonyl (C=O) groups excluding carboxylic acids is 1. The summed E-state index contributed by atoms with van der Waals surface area (Å²) in [6.45, 7) is 3.51. The van der Waals surface area contributed by atoms with Crippen molar-refractivity contribution in [3.8, 4) is 0 Å². The molecule has 1 atom stereocenters. The molecule has 6 heteroatoms. The SMILES string of the molecule is CCS(=O)(=O)CCNC(=O)C1CCCNC1. The van der Waals surface area contributed by atoms with E-state index >= 15 is 0 Å². The van der Waals surface area contributed by atoms with Crippen LogP contribution in [-0.4, -0.2) is 45.5 Å². The first kappa shape index (κ1) is 13.4. The fourth-order valence-corrected chi connectivity index (χ4v) is 2.40. The third kappa shape index (κ3) is 4.49. The lowest BCUT2D eigenvalue weighted by Gasteiger charge is -2.21. The highest BCUT2D eigenvalue weighted by Gasteiger charge is 2.20. The molecule has 1 saturated heterocycles. The van der Waals surface area contributed by atoms with Gasteiger partial charge in [0.25, 0.3) is 0 Å². The van der Waals surface area contributed by atoms with Gasteiger partial charge in [0.05, 0.1) is 11.7 Å². The number of hydrogen-bond acceptors (Lipinski definition) is 4. The summed E-state index contributed by atoms with van der Waals surface area (Å²) in [5.41, 5.74) is 0. The van der Waals surface area contributed by atoms with E-state index in [1.807, 2.05) is 0 Å². The van der Waals surface area contributed by atoms with E-state index < -0.39 is 9.84 Å². The number of piperidine rings is 1. The van der Waals surface area contributed by atoms with Gasteiger partial charge in [-0.1, -0.05) is 6.92 Å². The summed E-state index contributed by atoms with van der Waals surface area (Å²) in [6, 6.07) is 0. The van der Waals surface area contributed by atoms with Crippen molar-refractivity contribution in [2.45, 2.75) is 19.8 Å². The van der Waals surface area contributed by atoms with Crippen LogP contribution in [0.4, 0.5) is 0 Å². The molecule has 1 amide bonds. The van der Waals surface area contributed by atoms with Gasteiger partial charge in [0.15, 0.2) is 9.84 Å². The molecule has 0 aliphatic carbocycles. The van der Waals surface area contributed by atoms with Gasteiger partial charge in [0.2, 0.25) is 5.91 Å². The molecule has 1 fully saturated rings. The van der Waals surface area contributed by atoms with Gasteiger partial charge in [0, 0.05) is 18.8 Å². The van der Waals surface area contributed by atoms with Crippen LogP contribution in [-0.2, 0) is 14.6 Å². The highest BCUT2D eigenvalue weighted by Crippen LogP contribution is 2.09. The van der Waals surface area contributed by atoms with Gasteiger partial charge in [-0.2, -0.15) is 0 Å². The van der Waals surface area contributed by atoms with Gasteiger partial charge >= 0.3 is 0 Å². The first-order chi connectivity index (χ1) is 7.55. The zero-order chi connectivity index (χ0) is 12.0. The minimum absolute atomic E-state index is 0.00178. The first-order valence-corrected chi connectivity index (χ1v) is 7.56. The summed E-state index contributed by atoms with van der Waals surface area (Å²) in [5, 5.41) is 5.84. The Labute approximate surface area is 96.9 Å². The zero-order valence-corrected chi connectivity index (χ0v) is 10.5. The lowest BCUT2D eigenvalue weighted by Crippen LogP contribution is -2.41. The fraction of sp³-hybridized carbons (Fsp3) is 0.900. The summed E-state index contributed by atoms with van der Waals surface area (Å²) in [6.07, 6.45) is 1.89. The van der Waals surface area contributed by atoms with Gasteiger partial charge < -0.3 is 10.6 Å². The smallest absolute Gasteiger partial charge is 0.224 e. The minimum Gasteiger partial charge on any atom is -0.355 e. The molecule has 0 saturated carbocycles. The van der Waals surface area contributed by atoms with E-state index in [-0.39, 0.29) is 29.9 Å². The second-order valence-corrected chi connectivity index (χ2v) is 6.54. The van der Waals surface area contributed by atoms with Crippen molar-refractivity contribution in [1.82, 2.24) is 10.6 Å². The second-order valence-electron chi connectivity index (χ2n) is 4.07. The Morgan fingerprint density at radius 1 is 1.50 bits per heavy atom. The molecule has 1 aliphatic rings. The average Bonchev–Trinajstić information content (AvgIpc) is 2.30. The van der Waals surface area contributed by atoms with E-state index in [4.69, 9.17) is 0 Å². The zero-order valence-electron chi connectivity index (χ0n) is 9.66. The van der Waals surface area contributed by atoms with Crippen molar-refractivity contribution in [3.05, 3.63) is 0 Å². The predicted molar refractivity (Wildman–Crippen MR) is 62.9 cm³/mol. The van der Waals surface area contributed by atoms with Gasteiger partial charge in [-0.05, 0) is 19.4 Å². The molecule has 0 aromatic rings. The standard InChI is InChI=1S/C10H20N2O3S/c1-2-16(14,15)7-6-12-10(13)9-4-3-5-11-8-9/h9,11H,2-8H2,1H3,(H,12,13). The Kier molecular flexibility index (Phi) is 5.21. The van der Waals surface area contributed by atoms with Crippen LogP contribution >= 0.6 is 0 Å². The Bertz CT molecular complexity index is 321. The van der Waals surface area contributed by atoms with E-state index in [0.29, 0.717) is 6.54 Å². The van der Waals surface area contributed by atoms with E-state index in [1.54, 1.807) is 6.92 Å². The summed E-state index contributed by atoms with van der Waals surface area (Å²) in [7, 11) is -2.98. The maximum absolute atomic E-state index is 11.6. The quantitative estimate of drug-likeness (QED) is 0.690. The number of rotatable bonds is 5. The minimum atomic E-state index is -2.98. The Hall–Kier alpha value is -0.620. The molecular weight excluding hydrogens is 228 g/mol. The van der Waals surface area contributed by atoms with Crippen LogP contribution in [0.1, 0.15) is 19.8 Å². The summed E-state index contributed by atoms with van der Waals surface area (Å²) < 4.78 is 22.4. The Morgan fingerprint density at radius 2 is 2.25 bits per heavy atom. The van der Waals surface area contributed by atoms with Gasteiger partial charge in [-0.25, -0.2) is 8.42 Å². The van der Waals surface area contributed by atoms with Gasteiger partial charge in [-0.15, -0.1) is 0 Å². The molecule has 0 radical (unpaired) electrons. The molecular formula is C10H20N2O3S. The highest BCUT2D eigenvalue weighted by molar-refractivity contribution is 7.91. The fourth-order valence-electron chi connectivity index (χ4n) is 1.69. The lowest BCUT2D eigenvalue weighted by atomic mass is 9.99. The molecule has 1 unspecified atom stereocenters. The molecule has 0 bridgehead atoms. The largest absolute Gasteiger partial charge is 0.355 e. The molecule has 1 aliphatic heterocycles. The van der Waals surface area contributed by atoms with Crippen LogP contribution in [0.2, 0.25) is 0 Å². The van der Waals surface area contributed by atoms with E-state index in [2.05, 4.69) is 10.6 Å².